The molecule has 0 aliphatic carbocycles. The van der Waals surface area contributed by atoms with Crippen molar-refractivity contribution >= 4 is 22.4 Å². The molecule has 0 unspecified atom stereocenters. The Morgan fingerprint density at radius 3 is 2.13 bits per heavy atom. The van der Waals surface area contributed by atoms with Crippen molar-refractivity contribution in [1.82, 2.24) is 9.88 Å². The van der Waals surface area contributed by atoms with E-state index in [4.69, 9.17) is 14.5 Å². The summed E-state index contributed by atoms with van der Waals surface area (Å²) in [5.74, 6) is 1.63. The van der Waals surface area contributed by atoms with Crippen molar-refractivity contribution in [2.45, 2.75) is 26.3 Å². The number of hydrogen-bond donors (Lipinski definition) is 1. The zero-order valence-electron chi connectivity index (χ0n) is 22.1. The van der Waals surface area contributed by atoms with Crippen LogP contribution in [0.25, 0.3) is 21.7 Å². The van der Waals surface area contributed by atoms with Gasteiger partial charge in [0.15, 0.2) is 5.13 Å². The van der Waals surface area contributed by atoms with Gasteiger partial charge in [-0.2, -0.15) is 0 Å². The zero-order chi connectivity index (χ0) is 26.5. The lowest BCUT2D eigenvalue weighted by Gasteiger charge is -2.31. The highest BCUT2D eigenvalue weighted by molar-refractivity contribution is 7.19. The van der Waals surface area contributed by atoms with Crippen molar-refractivity contribution in [3.63, 3.8) is 0 Å². The second-order valence-corrected chi connectivity index (χ2v) is 10.6. The molecule has 0 atom stereocenters. The van der Waals surface area contributed by atoms with Crippen LogP contribution in [0.15, 0.2) is 72.8 Å². The quantitative estimate of drug-likeness (QED) is 0.278. The van der Waals surface area contributed by atoms with Gasteiger partial charge in [-0.15, -0.1) is 0 Å². The third-order valence-corrected chi connectivity index (χ3v) is 8.21. The Kier molecular flexibility index (Phi) is 8.05. The number of methoxy groups -OCH3 is 2. The number of ether oxygens (including phenoxy) is 2. The maximum Gasteiger partial charge on any atom is 0.229 e. The minimum atomic E-state index is -0.0131. The number of anilines is 1. The summed E-state index contributed by atoms with van der Waals surface area (Å²) in [7, 11) is 3.31. The van der Waals surface area contributed by atoms with Crippen LogP contribution in [0.5, 0.6) is 11.5 Å². The van der Waals surface area contributed by atoms with Crippen molar-refractivity contribution in [1.29, 1.82) is 0 Å². The van der Waals surface area contributed by atoms with Gasteiger partial charge in [-0.3, -0.25) is 9.69 Å². The first kappa shape index (κ1) is 25.9. The molecule has 0 radical (unpaired) electrons. The summed E-state index contributed by atoms with van der Waals surface area (Å²) < 4.78 is 10.7. The van der Waals surface area contributed by atoms with E-state index in [-0.39, 0.29) is 11.8 Å². The van der Waals surface area contributed by atoms with Crippen molar-refractivity contribution in [3.05, 3.63) is 83.9 Å². The van der Waals surface area contributed by atoms with E-state index < -0.39 is 0 Å². The lowest BCUT2D eigenvalue weighted by Crippen LogP contribution is -2.37. The summed E-state index contributed by atoms with van der Waals surface area (Å²) in [5.41, 5.74) is 5.51. The zero-order valence-corrected chi connectivity index (χ0v) is 22.9. The molecule has 0 saturated carbocycles. The molecule has 1 aromatic heterocycles. The Morgan fingerprint density at radius 2 is 1.53 bits per heavy atom. The Labute approximate surface area is 228 Å². The van der Waals surface area contributed by atoms with Crippen LogP contribution in [0.2, 0.25) is 0 Å². The minimum absolute atomic E-state index is 0.0131. The molecule has 1 amide bonds. The smallest absolute Gasteiger partial charge is 0.229 e. The number of piperidine rings is 1. The van der Waals surface area contributed by atoms with Crippen LogP contribution in [-0.2, 0) is 11.3 Å². The second kappa shape index (κ2) is 11.8. The number of amides is 1. The van der Waals surface area contributed by atoms with Crippen molar-refractivity contribution in [3.8, 4) is 33.2 Å². The molecular formula is C31H33N3O3S. The molecule has 38 heavy (non-hydrogen) atoms. The number of likely N-dealkylation sites (tertiary alicyclic amines) is 1. The summed E-state index contributed by atoms with van der Waals surface area (Å²) in [5, 5.41) is 3.75. The number of nitrogens with zero attached hydrogens (tertiary/aromatic N) is 2. The second-order valence-electron chi connectivity index (χ2n) is 9.62. The molecular weight excluding hydrogens is 494 g/mol. The van der Waals surface area contributed by atoms with Crippen LogP contribution in [0.3, 0.4) is 0 Å². The van der Waals surface area contributed by atoms with Crippen LogP contribution in [0, 0.1) is 12.8 Å². The highest BCUT2D eigenvalue weighted by Crippen LogP contribution is 2.40. The van der Waals surface area contributed by atoms with Crippen LogP contribution < -0.4 is 14.8 Å². The summed E-state index contributed by atoms with van der Waals surface area (Å²) in [6, 6.07) is 24.3. The monoisotopic (exact) mass is 527 g/mol. The fourth-order valence-corrected chi connectivity index (χ4v) is 5.84. The molecule has 1 N–H and O–H groups in total. The van der Waals surface area contributed by atoms with Gasteiger partial charge in [-0.25, -0.2) is 4.98 Å². The number of carbonyl (C=O) groups excluding carboxylic acids is 1. The largest absolute Gasteiger partial charge is 0.497 e. The van der Waals surface area contributed by atoms with Gasteiger partial charge < -0.3 is 14.8 Å². The first-order valence-corrected chi connectivity index (χ1v) is 13.7. The molecule has 3 aromatic carbocycles. The SMILES string of the molecule is COc1ccc(-c2nc(NC(=O)C3CCN(Cc4ccccc4C)CC3)sc2-c2ccc(OC)cc2)cc1. The average molecular weight is 528 g/mol. The number of benzene rings is 3. The molecule has 2 heterocycles. The van der Waals surface area contributed by atoms with Gasteiger partial charge in [0, 0.05) is 18.0 Å². The van der Waals surface area contributed by atoms with Gasteiger partial charge >= 0.3 is 0 Å². The molecule has 196 valence electrons. The average Bonchev–Trinajstić information content (AvgIpc) is 3.38. The van der Waals surface area contributed by atoms with Gasteiger partial charge in [-0.05, 0) is 98.1 Å². The van der Waals surface area contributed by atoms with Gasteiger partial charge in [-0.1, -0.05) is 35.6 Å². The Morgan fingerprint density at radius 1 is 0.921 bits per heavy atom. The van der Waals surface area contributed by atoms with Crippen molar-refractivity contribution in [2.24, 2.45) is 5.92 Å². The van der Waals surface area contributed by atoms with E-state index in [2.05, 4.69) is 41.4 Å². The van der Waals surface area contributed by atoms with Gasteiger partial charge in [0.05, 0.1) is 24.8 Å². The maximum atomic E-state index is 13.3. The lowest BCUT2D eigenvalue weighted by molar-refractivity contribution is -0.121. The molecule has 1 aliphatic rings. The first-order valence-electron chi connectivity index (χ1n) is 12.9. The highest BCUT2D eigenvalue weighted by Gasteiger charge is 2.26. The minimum Gasteiger partial charge on any atom is -0.497 e. The van der Waals surface area contributed by atoms with E-state index in [0.29, 0.717) is 5.13 Å². The van der Waals surface area contributed by atoms with E-state index in [0.717, 1.165) is 65.7 Å². The molecule has 0 spiro atoms. The Hall–Kier alpha value is -3.68. The van der Waals surface area contributed by atoms with Crippen molar-refractivity contribution < 1.29 is 14.3 Å². The highest BCUT2D eigenvalue weighted by atomic mass is 32.1. The number of carbonyl (C=O) groups is 1. The third kappa shape index (κ3) is 5.90. The molecule has 1 fully saturated rings. The van der Waals surface area contributed by atoms with Crippen LogP contribution in [0.1, 0.15) is 24.0 Å². The van der Waals surface area contributed by atoms with E-state index in [1.807, 2.05) is 48.5 Å². The lowest BCUT2D eigenvalue weighted by atomic mass is 9.95. The topological polar surface area (TPSA) is 63.7 Å². The van der Waals surface area contributed by atoms with Gasteiger partial charge in [0.1, 0.15) is 11.5 Å². The number of thiazole rings is 1. The van der Waals surface area contributed by atoms with E-state index in [1.54, 1.807) is 14.2 Å². The summed E-state index contributed by atoms with van der Waals surface area (Å²) in [4.78, 5) is 21.6. The number of rotatable bonds is 8. The Bertz CT molecular complexity index is 1310. The fraction of sp³-hybridized carbons (Fsp3) is 0.290. The fourth-order valence-electron chi connectivity index (χ4n) is 4.85. The van der Waals surface area contributed by atoms with Crippen LogP contribution in [0.4, 0.5) is 5.13 Å². The van der Waals surface area contributed by atoms with Crippen molar-refractivity contribution in [2.75, 3.05) is 32.6 Å². The normalized spacial score (nSPS) is 14.3. The standard InChI is InChI=1S/C31H33N3O3S/c1-21-6-4-5-7-25(21)20-34-18-16-24(17-19-34)30(35)33-31-32-28(22-8-12-26(36-2)13-9-22)29(38-31)23-10-14-27(37-3)15-11-23/h4-15,24H,16-20H2,1-3H3,(H,32,33,35). The first-order chi connectivity index (χ1) is 18.5. The molecule has 5 rings (SSSR count). The number of nitrogens with one attached hydrogen (secondary N) is 1. The summed E-state index contributed by atoms with van der Waals surface area (Å²) >= 11 is 1.50. The molecule has 1 aliphatic heterocycles. The maximum absolute atomic E-state index is 13.3. The predicted molar refractivity (Wildman–Crippen MR) is 154 cm³/mol. The van der Waals surface area contributed by atoms with Crippen LogP contribution >= 0.6 is 11.3 Å². The van der Waals surface area contributed by atoms with E-state index in [9.17, 15) is 4.79 Å². The van der Waals surface area contributed by atoms with Gasteiger partial charge in [0.25, 0.3) is 0 Å². The van der Waals surface area contributed by atoms with Gasteiger partial charge in [0.2, 0.25) is 5.91 Å². The number of aryl methyl sites for hydroxylation is 1. The van der Waals surface area contributed by atoms with E-state index in [1.165, 1.54) is 22.5 Å². The number of hydrogen-bond acceptors (Lipinski definition) is 6. The number of aromatic nitrogens is 1. The Balaban J connectivity index is 1.30. The van der Waals surface area contributed by atoms with Crippen LogP contribution in [-0.4, -0.2) is 43.1 Å². The molecule has 6 nitrogen and oxygen atoms in total. The summed E-state index contributed by atoms with van der Waals surface area (Å²) in [6.07, 6.45) is 1.69. The molecule has 7 heteroatoms. The van der Waals surface area contributed by atoms with E-state index >= 15 is 0 Å². The summed E-state index contributed by atoms with van der Waals surface area (Å²) in [6.45, 7) is 4.92. The molecule has 0 bridgehead atoms. The molecule has 4 aromatic rings. The molecule has 1 saturated heterocycles. The third-order valence-electron chi connectivity index (χ3n) is 7.19. The predicted octanol–water partition coefficient (Wildman–Crippen LogP) is 6.65.